The lowest BCUT2D eigenvalue weighted by atomic mass is 10.2. The van der Waals surface area contributed by atoms with Crippen molar-refractivity contribution in [3.05, 3.63) is 59.7 Å². The third kappa shape index (κ3) is 5.74. The van der Waals surface area contributed by atoms with E-state index in [0.29, 0.717) is 44.0 Å². The number of carbonyl (C=O) groups excluding carboxylic acids is 1. The van der Waals surface area contributed by atoms with Gasteiger partial charge in [0.25, 0.3) is 0 Å². The van der Waals surface area contributed by atoms with Gasteiger partial charge in [-0.25, -0.2) is 4.39 Å². The van der Waals surface area contributed by atoms with E-state index < -0.39 is 17.7 Å². The molecule has 1 aliphatic heterocycles. The van der Waals surface area contributed by atoms with Crippen molar-refractivity contribution in [1.82, 2.24) is 14.8 Å². The molecule has 1 N–H and O–H groups in total. The fraction of sp³-hybridized carbons (Fsp3) is 0.368. The number of piperazine rings is 1. The van der Waals surface area contributed by atoms with Crippen LogP contribution in [0.15, 0.2) is 42.6 Å². The molecule has 5 nitrogen and oxygen atoms in total. The van der Waals surface area contributed by atoms with Crippen LogP contribution in [0.3, 0.4) is 0 Å². The van der Waals surface area contributed by atoms with Crippen molar-refractivity contribution in [3.63, 3.8) is 0 Å². The van der Waals surface area contributed by atoms with Crippen LogP contribution in [-0.2, 0) is 17.5 Å². The number of anilines is 1. The van der Waals surface area contributed by atoms with Gasteiger partial charge in [-0.3, -0.25) is 19.6 Å². The first-order valence-corrected chi connectivity index (χ1v) is 8.82. The van der Waals surface area contributed by atoms with Crippen molar-refractivity contribution in [2.45, 2.75) is 12.7 Å². The maximum absolute atomic E-state index is 13.2. The number of carbonyl (C=O) groups is 1. The molecule has 0 radical (unpaired) electrons. The normalized spacial score (nSPS) is 16.1. The number of hydrogen-bond acceptors (Lipinski definition) is 4. The van der Waals surface area contributed by atoms with E-state index in [9.17, 15) is 22.4 Å². The van der Waals surface area contributed by atoms with Gasteiger partial charge in [0, 0.05) is 44.6 Å². The van der Waals surface area contributed by atoms with Crippen LogP contribution in [0, 0.1) is 5.82 Å². The van der Waals surface area contributed by atoms with E-state index in [2.05, 4.69) is 10.3 Å². The Morgan fingerprint density at radius 1 is 1.07 bits per heavy atom. The maximum Gasteiger partial charge on any atom is 0.433 e. The fourth-order valence-corrected chi connectivity index (χ4v) is 3.06. The summed E-state index contributed by atoms with van der Waals surface area (Å²) in [6.45, 7) is 3.09. The van der Waals surface area contributed by atoms with Crippen LogP contribution in [-0.4, -0.2) is 53.4 Å². The summed E-state index contributed by atoms with van der Waals surface area (Å²) >= 11 is 0. The third-order valence-electron chi connectivity index (χ3n) is 4.46. The summed E-state index contributed by atoms with van der Waals surface area (Å²) in [7, 11) is 0. The van der Waals surface area contributed by atoms with Gasteiger partial charge in [0.15, 0.2) is 0 Å². The number of benzene rings is 1. The molecule has 1 aliphatic rings. The molecule has 1 aromatic heterocycles. The predicted molar refractivity (Wildman–Crippen MR) is 96.0 cm³/mol. The van der Waals surface area contributed by atoms with Crippen molar-refractivity contribution >= 4 is 11.6 Å². The largest absolute Gasteiger partial charge is 0.433 e. The number of amides is 1. The number of hydrogen-bond donors (Lipinski definition) is 1. The lowest BCUT2D eigenvalue weighted by Gasteiger charge is -2.34. The molecule has 150 valence electrons. The molecule has 0 spiro atoms. The number of nitrogens with one attached hydrogen (secondary N) is 1. The van der Waals surface area contributed by atoms with Crippen LogP contribution < -0.4 is 5.32 Å². The quantitative estimate of drug-likeness (QED) is 0.790. The van der Waals surface area contributed by atoms with Gasteiger partial charge >= 0.3 is 6.18 Å². The Labute approximate surface area is 160 Å². The number of aromatic nitrogens is 1. The molecule has 1 amide bonds. The van der Waals surface area contributed by atoms with Crippen molar-refractivity contribution in [3.8, 4) is 0 Å². The van der Waals surface area contributed by atoms with Crippen LogP contribution in [0.2, 0.25) is 0 Å². The highest BCUT2D eigenvalue weighted by molar-refractivity contribution is 5.92. The van der Waals surface area contributed by atoms with Crippen LogP contribution in [0.5, 0.6) is 0 Å². The molecule has 1 aromatic carbocycles. The molecule has 2 heterocycles. The highest BCUT2D eigenvalue weighted by atomic mass is 19.4. The Kier molecular flexibility index (Phi) is 6.25. The van der Waals surface area contributed by atoms with Crippen LogP contribution in [0.4, 0.5) is 23.2 Å². The fourth-order valence-electron chi connectivity index (χ4n) is 3.06. The number of nitrogens with zero attached hydrogens (tertiary/aromatic N) is 3. The second kappa shape index (κ2) is 8.66. The number of pyridine rings is 1. The average Bonchev–Trinajstić information content (AvgIpc) is 2.63. The lowest BCUT2D eigenvalue weighted by molar-refractivity contribution is -0.141. The standard InChI is InChI=1S/C19H20F4N4O/c20-15-2-1-3-16(11-15)25-18(28)13-27-8-6-26(7-9-27)12-14-4-5-24-17(10-14)19(21,22)23/h1-5,10-11H,6-9,12-13H2,(H,25,28). The second-order valence-corrected chi connectivity index (χ2v) is 6.66. The molecule has 3 rings (SSSR count). The maximum atomic E-state index is 13.2. The molecule has 1 saturated heterocycles. The zero-order valence-electron chi connectivity index (χ0n) is 15.0. The van der Waals surface area contributed by atoms with Crippen molar-refractivity contribution in [2.75, 3.05) is 38.0 Å². The first-order valence-electron chi connectivity index (χ1n) is 8.82. The Balaban J connectivity index is 1.46. The van der Waals surface area contributed by atoms with E-state index in [0.717, 1.165) is 6.07 Å². The Hall–Kier alpha value is -2.52. The van der Waals surface area contributed by atoms with Gasteiger partial charge in [-0.2, -0.15) is 13.2 Å². The smallest absolute Gasteiger partial charge is 0.325 e. The van der Waals surface area contributed by atoms with E-state index in [1.165, 1.54) is 24.4 Å². The summed E-state index contributed by atoms with van der Waals surface area (Å²) in [6, 6.07) is 8.33. The van der Waals surface area contributed by atoms with Gasteiger partial charge < -0.3 is 5.32 Å². The predicted octanol–water partition coefficient (Wildman–Crippen LogP) is 3.00. The van der Waals surface area contributed by atoms with Gasteiger partial charge in [-0.15, -0.1) is 0 Å². The summed E-state index contributed by atoms with van der Waals surface area (Å²) in [5.74, 6) is -0.654. The van der Waals surface area contributed by atoms with Crippen LogP contribution >= 0.6 is 0 Å². The van der Waals surface area contributed by atoms with E-state index in [1.807, 2.05) is 9.80 Å². The molecule has 0 atom stereocenters. The molecule has 2 aromatic rings. The first-order chi connectivity index (χ1) is 13.3. The molecule has 0 saturated carbocycles. The zero-order chi connectivity index (χ0) is 20.1. The van der Waals surface area contributed by atoms with E-state index >= 15 is 0 Å². The zero-order valence-corrected chi connectivity index (χ0v) is 15.0. The van der Waals surface area contributed by atoms with Gasteiger partial charge in [-0.05, 0) is 35.9 Å². The number of rotatable bonds is 5. The second-order valence-electron chi connectivity index (χ2n) is 6.66. The molecule has 1 fully saturated rings. The van der Waals surface area contributed by atoms with E-state index in [1.54, 1.807) is 12.1 Å². The summed E-state index contributed by atoms with van der Waals surface area (Å²) in [6.07, 6.45) is -3.28. The highest BCUT2D eigenvalue weighted by Gasteiger charge is 2.32. The minimum Gasteiger partial charge on any atom is -0.325 e. The highest BCUT2D eigenvalue weighted by Crippen LogP contribution is 2.28. The summed E-state index contributed by atoms with van der Waals surface area (Å²) < 4.78 is 51.4. The Bertz CT molecular complexity index is 820. The lowest BCUT2D eigenvalue weighted by Crippen LogP contribution is -2.48. The number of alkyl halides is 3. The van der Waals surface area contributed by atoms with Crippen molar-refractivity contribution < 1.29 is 22.4 Å². The average molecular weight is 396 g/mol. The SMILES string of the molecule is O=C(CN1CCN(Cc2ccnc(C(F)(F)F)c2)CC1)Nc1cccc(F)c1. The van der Waals surface area contributed by atoms with Gasteiger partial charge in [0.1, 0.15) is 11.5 Å². The molecule has 0 aliphatic carbocycles. The van der Waals surface area contributed by atoms with Gasteiger partial charge in [0.2, 0.25) is 5.91 Å². The minimum absolute atomic E-state index is 0.178. The number of halogens is 4. The molecular formula is C19H20F4N4O. The van der Waals surface area contributed by atoms with Gasteiger partial charge in [0.05, 0.1) is 6.54 Å². The minimum atomic E-state index is -4.45. The monoisotopic (exact) mass is 396 g/mol. The van der Waals surface area contributed by atoms with E-state index in [4.69, 9.17) is 0 Å². The molecule has 9 heteroatoms. The van der Waals surface area contributed by atoms with Crippen LogP contribution in [0.1, 0.15) is 11.3 Å². The summed E-state index contributed by atoms with van der Waals surface area (Å²) in [4.78, 5) is 19.5. The van der Waals surface area contributed by atoms with Crippen LogP contribution in [0.25, 0.3) is 0 Å². The summed E-state index contributed by atoms with van der Waals surface area (Å²) in [5.41, 5.74) is 0.0686. The van der Waals surface area contributed by atoms with Gasteiger partial charge in [-0.1, -0.05) is 6.07 Å². The Morgan fingerprint density at radius 2 is 1.79 bits per heavy atom. The first kappa shape index (κ1) is 20.2. The molecule has 0 unspecified atom stereocenters. The third-order valence-corrected chi connectivity index (χ3v) is 4.46. The topological polar surface area (TPSA) is 48.5 Å². The van der Waals surface area contributed by atoms with E-state index in [-0.39, 0.29) is 12.5 Å². The molecule has 0 bridgehead atoms. The summed E-state index contributed by atoms with van der Waals surface area (Å²) in [5, 5.41) is 2.65. The molecule has 28 heavy (non-hydrogen) atoms. The Morgan fingerprint density at radius 3 is 2.46 bits per heavy atom. The molecular weight excluding hydrogens is 376 g/mol. The van der Waals surface area contributed by atoms with Crippen molar-refractivity contribution in [2.24, 2.45) is 0 Å². The van der Waals surface area contributed by atoms with Crippen molar-refractivity contribution in [1.29, 1.82) is 0 Å².